The van der Waals surface area contributed by atoms with E-state index in [0.717, 1.165) is 35.0 Å². The number of benzene rings is 3. The zero-order valence-electron chi connectivity index (χ0n) is 29.1. The van der Waals surface area contributed by atoms with Crippen molar-refractivity contribution in [2.75, 3.05) is 26.2 Å². The number of nitrogen functional groups attached to an aromatic ring is 1. The van der Waals surface area contributed by atoms with Gasteiger partial charge in [-0.2, -0.15) is 4.31 Å². The van der Waals surface area contributed by atoms with Crippen molar-refractivity contribution < 1.29 is 22.7 Å². The minimum atomic E-state index is -4.17. The smallest absolute Gasteiger partial charge is 0.245 e. The van der Waals surface area contributed by atoms with Gasteiger partial charge in [0.15, 0.2) is 0 Å². The average molecular weight is 766 g/mol. The van der Waals surface area contributed by atoms with Gasteiger partial charge in [0.05, 0.1) is 11.4 Å². The van der Waals surface area contributed by atoms with Crippen molar-refractivity contribution in [3.8, 4) is 5.75 Å². The molecule has 274 valence electrons. The number of nitrogens with one attached hydrogen (secondary N) is 2. The van der Waals surface area contributed by atoms with Gasteiger partial charge in [-0.1, -0.05) is 59.6 Å². The van der Waals surface area contributed by atoms with Gasteiger partial charge in [-0.05, 0) is 80.8 Å². The number of carbonyl (C=O) groups excluding carboxylic acids is 2. The van der Waals surface area contributed by atoms with Gasteiger partial charge in [0.25, 0.3) is 0 Å². The number of aryl methyl sites for hydroxylation is 2. The molecule has 0 spiro atoms. The van der Waals surface area contributed by atoms with Crippen LogP contribution in [0.15, 0.2) is 65.6 Å². The molecule has 14 heteroatoms. The molecule has 2 aliphatic heterocycles. The molecule has 3 heterocycles. The Morgan fingerprint density at radius 1 is 1.02 bits per heavy atom. The third kappa shape index (κ3) is 8.05. The molecule has 0 saturated carbocycles. The average Bonchev–Trinajstić information content (AvgIpc) is 3.63. The quantitative estimate of drug-likeness (QED) is 0.129. The molecule has 4 aromatic rings. The van der Waals surface area contributed by atoms with Crippen LogP contribution in [-0.2, 0) is 32.6 Å². The standard InChI is InChI=1S/C38H42Cl2N6O5S/c1-23-19-24(2)44-36-28(23)5-3-7-32(36)51-22-29-30(39)12-13-33(35(29)40)52(49,50)46-16-4-6-31(46)38(48)43-21-26-14-17-45(18-15-26)34(47)20-25-8-10-27(11-9-25)37(41)42/h3,5,7-13,19,26,31H,4,6,14-18,20-22H2,1-2H3,(H3,41,42)(H,43,48). The lowest BCUT2D eigenvalue weighted by Gasteiger charge is -2.32. The van der Waals surface area contributed by atoms with Crippen LogP contribution in [0.25, 0.3) is 10.9 Å². The lowest BCUT2D eigenvalue weighted by atomic mass is 9.96. The molecule has 2 saturated heterocycles. The number of amides is 2. The highest BCUT2D eigenvalue weighted by Crippen LogP contribution is 2.37. The van der Waals surface area contributed by atoms with Gasteiger partial charge in [0.1, 0.15) is 34.6 Å². The summed E-state index contributed by atoms with van der Waals surface area (Å²) in [7, 11) is -4.17. The van der Waals surface area contributed by atoms with Crippen LogP contribution in [0.1, 0.15) is 53.6 Å². The summed E-state index contributed by atoms with van der Waals surface area (Å²) in [6.07, 6.45) is 2.63. The van der Waals surface area contributed by atoms with E-state index in [2.05, 4.69) is 10.3 Å². The van der Waals surface area contributed by atoms with Gasteiger partial charge in [-0.25, -0.2) is 13.4 Å². The van der Waals surface area contributed by atoms with Gasteiger partial charge >= 0.3 is 0 Å². The summed E-state index contributed by atoms with van der Waals surface area (Å²) in [5.41, 5.74) is 9.90. The highest BCUT2D eigenvalue weighted by atomic mass is 35.5. The van der Waals surface area contributed by atoms with Crippen molar-refractivity contribution in [1.82, 2.24) is 19.5 Å². The summed E-state index contributed by atoms with van der Waals surface area (Å²) in [4.78, 5) is 32.7. The topological polar surface area (TPSA) is 159 Å². The van der Waals surface area contributed by atoms with Crippen LogP contribution in [0.3, 0.4) is 0 Å². The van der Waals surface area contributed by atoms with Gasteiger partial charge in [-0.3, -0.25) is 15.0 Å². The Kier molecular flexibility index (Phi) is 11.4. The zero-order chi connectivity index (χ0) is 37.2. The molecule has 2 aliphatic rings. The number of amidine groups is 1. The van der Waals surface area contributed by atoms with Crippen LogP contribution in [-0.4, -0.2) is 72.5 Å². The summed E-state index contributed by atoms with van der Waals surface area (Å²) in [5.74, 6) is 0.340. The Bertz CT molecular complexity index is 2120. The summed E-state index contributed by atoms with van der Waals surface area (Å²) in [5, 5.41) is 11.7. The van der Waals surface area contributed by atoms with E-state index in [0.29, 0.717) is 54.9 Å². The number of likely N-dealkylation sites (tertiary alicyclic amines) is 1. The van der Waals surface area contributed by atoms with E-state index in [-0.39, 0.29) is 58.1 Å². The van der Waals surface area contributed by atoms with E-state index in [4.69, 9.17) is 39.1 Å². The molecule has 0 radical (unpaired) electrons. The molecular formula is C38H42Cl2N6O5S. The molecule has 1 atom stereocenters. The second-order valence-electron chi connectivity index (χ2n) is 13.5. The van der Waals surface area contributed by atoms with Crippen molar-refractivity contribution in [1.29, 1.82) is 5.41 Å². The molecule has 6 rings (SSSR count). The highest BCUT2D eigenvalue weighted by Gasteiger charge is 2.41. The maximum atomic E-state index is 14.1. The predicted octanol–water partition coefficient (Wildman–Crippen LogP) is 5.77. The lowest BCUT2D eigenvalue weighted by molar-refractivity contribution is -0.132. The molecule has 1 unspecified atom stereocenters. The number of ether oxygens (including phenoxy) is 1. The predicted molar refractivity (Wildman–Crippen MR) is 202 cm³/mol. The van der Waals surface area contributed by atoms with E-state index in [1.807, 2.05) is 49.1 Å². The van der Waals surface area contributed by atoms with Gasteiger partial charge in [0, 0.05) is 53.4 Å². The molecule has 3 aromatic carbocycles. The Hall–Kier alpha value is -4.23. The Labute approximate surface area is 314 Å². The van der Waals surface area contributed by atoms with Crippen molar-refractivity contribution in [3.05, 3.63) is 98.7 Å². The first kappa shape index (κ1) is 37.5. The molecule has 0 aliphatic carbocycles. The number of aromatic nitrogens is 1. The van der Waals surface area contributed by atoms with Crippen molar-refractivity contribution in [3.63, 3.8) is 0 Å². The number of carbonyl (C=O) groups is 2. The molecule has 2 fully saturated rings. The van der Waals surface area contributed by atoms with E-state index < -0.39 is 16.1 Å². The fourth-order valence-corrected chi connectivity index (χ4v) is 9.50. The number of nitrogens with zero attached hydrogens (tertiary/aromatic N) is 3. The third-order valence-electron chi connectivity index (χ3n) is 9.91. The molecular weight excluding hydrogens is 723 g/mol. The first-order valence-corrected chi connectivity index (χ1v) is 19.5. The fourth-order valence-electron chi connectivity index (χ4n) is 6.98. The summed E-state index contributed by atoms with van der Waals surface area (Å²) >= 11 is 13.3. The van der Waals surface area contributed by atoms with Crippen LogP contribution < -0.4 is 15.8 Å². The minimum absolute atomic E-state index is 0.0167. The number of pyridine rings is 1. The van der Waals surface area contributed by atoms with Crippen molar-refractivity contribution in [2.45, 2.75) is 63.5 Å². The normalized spacial score (nSPS) is 17.0. The van der Waals surface area contributed by atoms with E-state index in [1.54, 1.807) is 18.2 Å². The van der Waals surface area contributed by atoms with Crippen LogP contribution in [0.4, 0.5) is 0 Å². The first-order valence-electron chi connectivity index (χ1n) is 17.3. The van der Waals surface area contributed by atoms with E-state index in [9.17, 15) is 18.0 Å². The maximum Gasteiger partial charge on any atom is 0.245 e. The summed E-state index contributed by atoms with van der Waals surface area (Å²) in [6.45, 7) is 5.55. The van der Waals surface area contributed by atoms with Gasteiger partial charge < -0.3 is 20.7 Å². The van der Waals surface area contributed by atoms with Gasteiger partial charge in [0.2, 0.25) is 21.8 Å². The molecule has 1 aromatic heterocycles. The van der Waals surface area contributed by atoms with E-state index in [1.165, 1.54) is 16.4 Å². The second kappa shape index (κ2) is 15.8. The lowest BCUT2D eigenvalue weighted by Crippen LogP contribution is -2.48. The number of rotatable bonds is 11. The first-order chi connectivity index (χ1) is 24.8. The number of sulfonamides is 1. The van der Waals surface area contributed by atoms with Crippen molar-refractivity contribution in [2.24, 2.45) is 11.7 Å². The number of halogens is 2. The zero-order valence-corrected chi connectivity index (χ0v) is 31.5. The highest BCUT2D eigenvalue weighted by molar-refractivity contribution is 7.89. The molecule has 52 heavy (non-hydrogen) atoms. The monoisotopic (exact) mass is 764 g/mol. The number of hydrogen-bond acceptors (Lipinski definition) is 7. The van der Waals surface area contributed by atoms with Crippen LogP contribution in [0.2, 0.25) is 10.0 Å². The second-order valence-corrected chi connectivity index (χ2v) is 16.1. The summed E-state index contributed by atoms with van der Waals surface area (Å²) < 4.78 is 35.5. The van der Waals surface area contributed by atoms with Crippen LogP contribution in [0.5, 0.6) is 5.75 Å². The Balaban J connectivity index is 1.06. The van der Waals surface area contributed by atoms with Gasteiger partial charge in [-0.15, -0.1) is 0 Å². The number of piperidine rings is 1. The molecule has 2 amide bonds. The molecule has 4 N–H and O–H groups in total. The van der Waals surface area contributed by atoms with Crippen molar-refractivity contribution >= 4 is 61.8 Å². The van der Waals surface area contributed by atoms with Crippen LogP contribution >= 0.6 is 23.2 Å². The molecule has 0 bridgehead atoms. The third-order valence-corrected chi connectivity index (χ3v) is 12.8. The molecule has 11 nitrogen and oxygen atoms in total. The fraction of sp³-hybridized carbons (Fsp3) is 0.368. The summed E-state index contributed by atoms with van der Waals surface area (Å²) in [6, 6.07) is 16.7. The largest absolute Gasteiger partial charge is 0.487 e. The maximum absolute atomic E-state index is 14.1. The number of hydrogen-bond donors (Lipinski definition) is 3. The van der Waals surface area contributed by atoms with E-state index >= 15 is 0 Å². The Morgan fingerprint density at radius 2 is 1.75 bits per heavy atom. The Morgan fingerprint density at radius 3 is 2.46 bits per heavy atom. The number of nitrogens with two attached hydrogens (primary N) is 1. The number of para-hydroxylation sites is 1. The number of fused-ring (bicyclic) bond motifs is 1. The minimum Gasteiger partial charge on any atom is -0.487 e. The van der Waals surface area contributed by atoms with Crippen LogP contribution in [0, 0.1) is 25.2 Å². The SMILES string of the molecule is Cc1cc(C)c2cccc(OCc3c(Cl)ccc(S(=O)(=O)N4CCCC4C(=O)NCC4CCN(C(=O)Cc5ccc(C(=N)N)cc5)CC4)c3Cl)c2n1.